The number of carbonyl (C=O) groups is 2. The Bertz CT molecular complexity index is 3410. The molecule has 4 aromatic carbocycles. The normalized spacial score (nSPS) is 31.0. The zero-order chi connectivity index (χ0) is 57.0. The van der Waals surface area contributed by atoms with Crippen molar-refractivity contribution in [2.24, 2.45) is 29.1 Å². The van der Waals surface area contributed by atoms with Gasteiger partial charge < -0.3 is 38.7 Å². The number of aliphatic hydroxyl groups is 3. The predicted molar refractivity (Wildman–Crippen MR) is 318 cm³/mol. The third-order valence-electron chi connectivity index (χ3n) is 22.0. The minimum atomic E-state index is -1.33. The molecule has 2 spiro atoms. The Morgan fingerprint density at radius 1 is 0.807 bits per heavy atom. The number of allylic oxidation sites excluding steroid dienone is 3. The average Bonchev–Trinajstić information content (AvgIpc) is 2.31. The fraction of sp³-hybridized carbons (Fsp3) is 0.514. The van der Waals surface area contributed by atoms with Crippen LogP contribution in [0.3, 0.4) is 0 Å². The number of hydrogen-bond donors (Lipinski definition) is 3. The van der Waals surface area contributed by atoms with E-state index >= 15 is 9.59 Å². The minimum Gasteiger partial charge on any atom is -0.482 e. The molecule has 11 atom stereocenters. The first-order chi connectivity index (χ1) is 40.5. The molecule has 4 heterocycles. The summed E-state index contributed by atoms with van der Waals surface area (Å²) in [6.07, 6.45) is 23.2. The van der Waals surface area contributed by atoms with Gasteiger partial charge in [0.2, 0.25) is 0 Å². The lowest BCUT2D eigenvalue weighted by Gasteiger charge is -2.57. The lowest BCUT2D eigenvalue weighted by atomic mass is 9.54. The second kappa shape index (κ2) is 23.0. The van der Waals surface area contributed by atoms with Crippen LogP contribution in [0.25, 0.3) is 11.0 Å². The third kappa shape index (κ3) is 9.87. The molecule has 11 nitrogen and oxygen atoms in total. The van der Waals surface area contributed by atoms with Crippen molar-refractivity contribution in [3.05, 3.63) is 181 Å². The zero-order valence-electron chi connectivity index (χ0n) is 48.5. The van der Waals surface area contributed by atoms with E-state index < -0.39 is 47.9 Å². The lowest BCUT2D eigenvalue weighted by molar-refractivity contribution is -0.212. The Hall–Kier alpha value is -6.11. The number of aliphatic hydroxyl groups excluding tert-OH is 3. The first-order valence-corrected chi connectivity index (χ1v) is 31.3. The van der Waals surface area contributed by atoms with Crippen LogP contribution in [0.1, 0.15) is 190 Å². The highest BCUT2D eigenvalue weighted by Gasteiger charge is 2.63. The molecule has 83 heavy (non-hydrogen) atoms. The molecule has 14 rings (SSSR count). The summed E-state index contributed by atoms with van der Waals surface area (Å²) in [6, 6.07) is 30.7. The van der Waals surface area contributed by atoms with Gasteiger partial charge in [-0.3, -0.25) is 4.79 Å². The molecular weight excluding hydrogens is 1040 g/mol. The number of carbonyl (C=O) groups excluding carboxylic acids is 2. The van der Waals surface area contributed by atoms with Gasteiger partial charge in [-0.2, -0.15) is 0 Å². The van der Waals surface area contributed by atoms with E-state index in [1.54, 1.807) is 13.0 Å². The maximum Gasteiger partial charge on any atom is 0.340 e. The molecule has 1 aromatic heterocycles. The topological polar surface area (TPSA) is 162 Å². The van der Waals surface area contributed by atoms with Crippen molar-refractivity contribution in [1.82, 2.24) is 0 Å². The number of aryl methyl sites for hydroxylation is 2. The summed E-state index contributed by atoms with van der Waals surface area (Å²) in [5.41, 5.74) is 7.51. The van der Waals surface area contributed by atoms with Crippen LogP contribution in [-0.2, 0) is 48.7 Å². The summed E-state index contributed by atoms with van der Waals surface area (Å²) >= 11 is 0. The average molecular weight is 1120 g/mol. The van der Waals surface area contributed by atoms with Crippen LogP contribution >= 0.6 is 0 Å². The quantitative estimate of drug-likeness (QED) is 0.0557. The molecule has 0 saturated heterocycles. The number of hydrogen-bond acceptors (Lipinski definition) is 11. The van der Waals surface area contributed by atoms with E-state index in [1.807, 2.05) is 6.07 Å². The van der Waals surface area contributed by atoms with Gasteiger partial charge in [-0.05, 0) is 170 Å². The van der Waals surface area contributed by atoms with Crippen LogP contribution in [0.2, 0.25) is 0 Å². The first-order valence-electron chi connectivity index (χ1n) is 31.3. The smallest absolute Gasteiger partial charge is 0.340 e. The van der Waals surface area contributed by atoms with Crippen LogP contribution in [0.5, 0.6) is 5.75 Å². The van der Waals surface area contributed by atoms with E-state index in [0.29, 0.717) is 59.4 Å². The molecule has 3 fully saturated rings. The second-order valence-electron chi connectivity index (χ2n) is 26.2. The Balaban J connectivity index is 0.956. The molecule has 0 radical (unpaired) electrons. The number of ether oxygens (including phenoxy) is 4. The molecular formula is C72H82O11. The highest BCUT2D eigenvalue weighted by atomic mass is 16.6. The largest absolute Gasteiger partial charge is 0.482 e. The Morgan fingerprint density at radius 3 is 2.45 bits per heavy atom. The van der Waals surface area contributed by atoms with Crippen molar-refractivity contribution in [3.8, 4) is 5.75 Å². The summed E-state index contributed by atoms with van der Waals surface area (Å²) < 4.78 is 33.9. The van der Waals surface area contributed by atoms with Crippen LogP contribution < -0.4 is 10.4 Å². The van der Waals surface area contributed by atoms with Crippen molar-refractivity contribution < 1.29 is 48.3 Å². The monoisotopic (exact) mass is 1120 g/mol. The third-order valence-corrected chi connectivity index (χ3v) is 22.0. The fourth-order valence-corrected chi connectivity index (χ4v) is 17.9. The summed E-state index contributed by atoms with van der Waals surface area (Å²) in [4.78, 5) is 46.0. The van der Waals surface area contributed by atoms with Crippen molar-refractivity contribution in [3.63, 3.8) is 0 Å². The summed E-state index contributed by atoms with van der Waals surface area (Å²) in [5, 5.41) is 32.6. The van der Waals surface area contributed by atoms with Gasteiger partial charge in [0.1, 0.15) is 11.3 Å². The highest BCUT2D eigenvalue weighted by molar-refractivity contribution is 5.90. The Morgan fingerprint density at radius 2 is 1.64 bits per heavy atom. The number of benzene rings is 4. The molecule has 11 heteroatoms. The van der Waals surface area contributed by atoms with Crippen molar-refractivity contribution in [2.75, 3.05) is 26.9 Å². The summed E-state index contributed by atoms with van der Waals surface area (Å²) in [5.74, 6) is -1.11. The van der Waals surface area contributed by atoms with Gasteiger partial charge in [0.05, 0.1) is 25.4 Å². The molecule has 2 bridgehead atoms. The van der Waals surface area contributed by atoms with E-state index in [1.165, 1.54) is 55.0 Å². The molecule has 3 saturated carbocycles. The van der Waals surface area contributed by atoms with E-state index in [2.05, 4.69) is 97.1 Å². The molecule has 5 aromatic rings. The maximum absolute atomic E-state index is 15.8. The molecule has 436 valence electrons. The fourth-order valence-electron chi connectivity index (χ4n) is 17.9. The lowest BCUT2D eigenvalue weighted by Crippen LogP contribution is -2.63. The number of fused-ring (bicyclic) bond motifs is 16. The highest BCUT2D eigenvalue weighted by Crippen LogP contribution is 2.62. The zero-order valence-corrected chi connectivity index (χ0v) is 48.5. The van der Waals surface area contributed by atoms with Crippen molar-refractivity contribution >= 4 is 22.9 Å². The van der Waals surface area contributed by atoms with E-state index in [9.17, 15) is 20.1 Å². The molecule has 3 N–H and O–H groups in total. The van der Waals surface area contributed by atoms with Crippen LogP contribution in [0.15, 0.2) is 130 Å². The van der Waals surface area contributed by atoms with Crippen molar-refractivity contribution in [1.29, 1.82) is 0 Å². The van der Waals surface area contributed by atoms with Crippen molar-refractivity contribution in [2.45, 2.75) is 177 Å². The standard InChI is InChI=1S/C72H82O11/c1-44(41-74)55-25-19-45-17-20-46(21-18-45)56-26-23-50(49-12-9-15-54(38-49)71-33-6-5-14-53(71)24-22-47-11-3-4-16-59(47)71)37-52(56)39-62(76)80-66-64-61(28-27-57-58(42-75)63(69(78)81-65(57)64)51(30-36-73)43-79-2)83-72(67(66)82-68(55)77)34-10-13-48-29-35-70(40-60(48)72)31-7-8-32-70/h3-4,9-13,15-18,20-21,23,26-28,38,48,50-53,56,60,66-67,73-75H,5-8,14,19,22,24-25,29-37,39-43H2,1-2H3. The predicted octanol–water partition coefficient (Wildman–Crippen LogP) is 13.2. The maximum atomic E-state index is 15.8. The Kier molecular flexibility index (Phi) is 15.6. The van der Waals surface area contributed by atoms with Gasteiger partial charge in [-0.1, -0.05) is 123 Å². The molecule has 0 amide bonds. The molecule has 11 unspecified atom stereocenters. The second-order valence-corrected chi connectivity index (χ2v) is 26.2. The minimum absolute atomic E-state index is 0.0177. The van der Waals surface area contributed by atoms with Gasteiger partial charge in [0.15, 0.2) is 17.8 Å². The number of rotatable bonds is 9. The molecule has 3 aliphatic heterocycles. The number of esters is 2. The van der Waals surface area contributed by atoms with Gasteiger partial charge in [0, 0.05) is 72.2 Å². The van der Waals surface area contributed by atoms with Gasteiger partial charge in [-0.15, -0.1) is 0 Å². The van der Waals surface area contributed by atoms with Crippen LogP contribution in [0.4, 0.5) is 0 Å². The molecule has 9 aliphatic rings. The number of methoxy groups -OCH3 is 1. The van der Waals surface area contributed by atoms with Crippen LogP contribution in [-0.4, -0.2) is 65.9 Å². The summed E-state index contributed by atoms with van der Waals surface area (Å²) in [7, 11) is 1.53. The van der Waals surface area contributed by atoms with Crippen LogP contribution in [0, 0.1) is 29.1 Å². The van der Waals surface area contributed by atoms with Gasteiger partial charge in [-0.25, -0.2) is 9.59 Å². The Labute approximate surface area is 488 Å². The van der Waals surface area contributed by atoms with Gasteiger partial charge >= 0.3 is 17.6 Å². The first kappa shape index (κ1) is 56.0. The van der Waals surface area contributed by atoms with Gasteiger partial charge in [0.25, 0.3) is 0 Å². The summed E-state index contributed by atoms with van der Waals surface area (Å²) in [6.45, 7) is 0.745. The van der Waals surface area contributed by atoms with E-state index in [-0.39, 0.29) is 89.8 Å². The SMILES string of the molecule is COCC(CCO)c1c(CO)c2ccc3c(c2oc1=O)C1OC(=O)CC2CC(c4cccc(C56CCCCC5CCc5ccccc56)c4)C=CC2c2ccc(cc2)CCC(=C(C)CO)C(=O)OC1C1(CC=CC2CCC4(CCCC4)CC21)O3. The van der Waals surface area contributed by atoms with E-state index in [4.69, 9.17) is 23.4 Å². The van der Waals surface area contributed by atoms with E-state index in [0.717, 1.165) is 68.9 Å². The molecule has 6 aliphatic carbocycles.